The molecule has 1 aromatic heterocycles. The van der Waals surface area contributed by atoms with E-state index in [1.807, 2.05) is 10.2 Å². The molecule has 0 amide bonds. The van der Waals surface area contributed by atoms with E-state index in [-0.39, 0.29) is 0 Å². The molecule has 0 saturated heterocycles. The number of nitrogens with one attached hydrogen (secondary N) is 2. The molecule has 1 aliphatic heterocycles. The number of hydrazine groups is 2. The van der Waals surface area contributed by atoms with Crippen LogP contribution in [0.2, 0.25) is 0 Å². The minimum absolute atomic E-state index is 0.864. The van der Waals surface area contributed by atoms with Gasteiger partial charge in [-0.15, -0.1) is 0 Å². The van der Waals surface area contributed by atoms with Crippen molar-refractivity contribution in [3.8, 4) is 11.3 Å². The van der Waals surface area contributed by atoms with E-state index in [1.54, 1.807) is 0 Å². The maximum absolute atomic E-state index is 4.20. The molecule has 0 fully saturated rings. The summed E-state index contributed by atoms with van der Waals surface area (Å²) < 4.78 is 0. The molecule has 2 aromatic carbocycles. The maximum atomic E-state index is 4.20. The van der Waals surface area contributed by atoms with Gasteiger partial charge in [-0.05, 0) is 72.7 Å². The van der Waals surface area contributed by atoms with Crippen LogP contribution in [0.3, 0.4) is 0 Å². The summed E-state index contributed by atoms with van der Waals surface area (Å²) in [5, 5.41) is 13.1. The lowest BCUT2D eigenvalue weighted by Gasteiger charge is -2.23. The van der Waals surface area contributed by atoms with Crippen LogP contribution in [0.25, 0.3) is 22.2 Å². The molecule has 0 bridgehead atoms. The Morgan fingerprint density at radius 3 is 2.58 bits per heavy atom. The van der Waals surface area contributed by atoms with Gasteiger partial charge in [0.05, 0.1) is 5.69 Å². The number of aryl methyl sites for hydroxylation is 2. The van der Waals surface area contributed by atoms with Gasteiger partial charge >= 0.3 is 0 Å². The summed E-state index contributed by atoms with van der Waals surface area (Å²) in [6, 6.07) is 15.1. The van der Waals surface area contributed by atoms with E-state index in [0.717, 1.165) is 41.7 Å². The van der Waals surface area contributed by atoms with Crippen molar-refractivity contribution in [1.29, 1.82) is 0 Å². The van der Waals surface area contributed by atoms with E-state index in [1.165, 1.54) is 16.7 Å². The molecule has 2 N–H and O–H groups in total. The minimum atomic E-state index is 0.864. The minimum Gasteiger partial charge on any atom is -0.355 e. The van der Waals surface area contributed by atoms with Crippen molar-refractivity contribution >= 4 is 16.6 Å². The summed E-state index contributed by atoms with van der Waals surface area (Å²) in [6.45, 7) is 7.30. The molecule has 26 heavy (non-hydrogen) atoms. The average Bonchev–Trinajstić information content (AvgIpc) is 3.25. The number of anilines is 1. The second-order valence-electron chi connectivity index (χ2n) is 6.89. The van der Waals surface area contributed by atoms with Gasteiger partial charge in [0, 0.05) is 23.1 Å². The average molecular weight is 348 g/mol. The smallest absolute Gasteiger partial charge is 0.0826 e. The first-order valence-corrected chi connectivity index (χ1v) is 9.09. The van der Waals surface area contributed by atoms with Crippen molar-refractivity contribution in [2.75, 3.05) is 11.7 Å². The largest absolute Gasteiger partial charge is 0.355 e. The van der Waals surface area contributed by atoms with Gasteiger partial charge < -0.3 is 4.98 Å². The predicted octanol–water partition coefficient (Wildman–Crippen LogP) is 5.08. The summed E-state index contributed by atoms with van der Waals surface area (Å²) in [5.74, 6) is 0. The summed E-state index contributed by atoms with van der Waals surface area (Å²) >= 11 is 0. The van der Waals surface area contributed by atoms with E-state index < -0.39 is 0 Å². The normalized spacial score (nSPS) is 14.3. The second kappa shape index (κ2) is 6.80. The maximum Gasteiger partial charge on any atom is 0.0826 e. The number of unbranched alkanes of at least 4 members (excludes halogenated alkanes) is 1. The van der Waals surface area contributed by atoms with Gasteiger partial charge in [0.2, 0.25) is 0 Å². The van der Waals surface area contributed by atoms with Gasteiger partial charge in [-0.3, -0.25) is 0 Å². The highest BCUT2D eigenvalue weighted by Crippen LogP contribution is 2.29. The standard InChI is InChI=1S/C20H24N6/c1-4-5-8-25-23-22-24-26(25)18-6-7-19-17(12-18)13-20(21-19)16-10-14(2)9-15(3)11-16/h6-7,9-13,21H,4-5,8H2,1-3H3,(H,23,24). The molecule has 0 atom stereocenters. The molecule has 0 spiro atoms. The number of H-pyrrole nitrogens is 1. The van der Waals surface area contributed by atoms with Crippen molar-refractivity contribution in [3.05, 3.63) is 53.6 Å². The SMILES string of the molecule is CCCCN1NN=NN1c1ccc2[nH]c(-c3cc(C)cc(C)c3)cc2c1. The van der Waals surface area contributed by atoms with Crippen molar-refractivity contribution < 1.29 is 0 Å². The highest BCUT2D eigenvalue weighted by molar-refractivity contribution is 5.88. The van der Waals surface area contributed by atoms with Crippen molar-refractivity contribution in [2.24, 2.45) is 10.4 Å². The fraction of sp³-hybridized carbons (Fsp3) is 0.300. The first-order chi connectivity index (χ1) is 12.6. The first-order valence-electron chi connectivity index (χ1n) is 9.09. The molecule has 4 rings (SSSR count). The van der Waals surface area contributed by atoms with Crippen LogP contribution in [0.1, 0.15) is 30.9 Å². The van der Waals surface area contributed by atoms with Crippen LogP contribution in [-0.2, 0) is 0 Å². The molecule has 2 heterocycles. The number of nitrogens with zero attached hydrogens (tertiary/aromatic N) is 4. The number of benzene rings is 2. The Bertz CT molecular complexity index is 938. The molecule has 0 aliphatic carbocycles. The number of hydrogen-bond acceptors (Lipinski definition) is 5. The Kier molecular flexibility index (Phi) is 4.34. The Morgan fingerprint density at radius 2 is 1.81 bits per heavy atom. The van der Waals surface area contributed by atoms with Gasteiger partial charge in [-0.2, -0.15) is 10.7 Å². The third-order valence-corrected chi connectivity index (χ3v) is 4.61. The summed E-state index contributed by atoms with van der Waals surface area (Å²) in [6.07, 6.45) is 2.21. The van der Waals surface area contributed by atoms with Crippen LogP contribution in [0.4, 0.5) is 5.69 Å². The zero-order valence-electron chi connectivity index (χ0n) is 15.5. The molecule has 0 radical (unpaired) electrons. The van der Waals surface area contributed by atoms with Gasteiger partial charge in [0.25, 0.3) is 0 Å². The van der Waals surface area contributed by atoms with E-state index in [9.17, 15) is 0 Å². The highest BCUT2D eigenvalue weighted by atomic mass is 16.0. The van der Waals surface area contributed by atoms with Gasteiger partial charge in [0.15, 0.2) is 0 Å². The third kappa shape index (κ3) is 3.15. The molecular weight excluding hydrogens is 324 g/mol. The monoisotopic (exact) mass is 348 g/mol. The molecule has 134 valence electrons. The van der Waals surface area contributed by atoms with E-state index in [4.69, 9.17) is 0 Å². The lowest BCUT2D eigenvalue weighted by molar-refractivity contribution is 0.209. The third-order valence-electron chi connectivity index (χ3n) is 4.61. The number of hydrogen-bond donors (Lipinski definition) is 2. The molecule has 3 aromatic rings. The second-order valence-corrected chi connectivity index (χ2v) is 6.89. The zero-order chi connectivity index (χ0) is 18.1. The molecular formula is C20H24N6. The van der Waals surface area contributed by atoms with E-state index in [2.05, 4.69) is 84.2 Å². The molecule has 0 saturated carbocycles. The summed E-state index contributed by atoms with van der Waals surface area (Å²) in [5.41, 5.74) is 9.95. The van der Waals surface area contributed by atoms with Crippen LogP contribution in [0, 0.1) is 13.8 Å². The fourth-order valence-electron chi connectivity index (χ4n) is 3.38. The summed E-state index contributed by atoms with van der Waals surface area (Å²) in [4.78, 5) is 3.53. The Hall–Kier alpha value is -2.86. The van der Waals surface area contributed by atoms with Crippen LogP contribution >= 0.6 is 0 Å². The number of aromatic nitrogens is 1. The Labute approximate surface area is 153 Å². The highest BCUT2D eigenvalue weighted by Gasteiger charge is 2.20. The lowest BCUT2D eigenvalue weighted by Crippen LogP contribution is -2.42. The topological polar surface area (TPSA) is 59.0 Å². The fourth-order valence-corrected chi connectivity index (χ4v) is 3.38. The first kappa shape index (κ1) is 16.6. The lowest BCUT2D eigenvalue weighted by atomic mass is 10.1. The van der Waals surface area contributed by atoms with Gasteiger partial charge in [0.1, 0.15) is 0 Å². The number of aromatic amines is 1. The zero-order valence-corrected chi connectivity index (χ0v) is 15.5. The Balaban J connectivity index is 1.66. The van der Waals surface area contributed by atoms with Crippen molar-refractivity contribution in [1.82, 2.24) is 15.6 Å². The van der Waals surface area contributed by atoms with E-state index >= 15 is 0 Å². The van der Waals surface area contributed by atoms with Crippen LogP contribution in [-0.4, -0.2) is 16.6 Å². The van der Waals surface area contributed by atoms with Gasteiger partial charge in [-0.1, -0.05) is 35.7 Å². The summed E-state index contributed by atoms with van der Waals surface area (Å²) in [7, 11) is 0. The van der Waals surface area contributed by atoms with Crippen LogP contribution in [0.5, 0.6) is 0 Å². The number of rotatable bonds is 5. The Morgan fingerprint density at radius 1 is 1.00 bits per heavy atom. The van der Waals surface area contributed by atoms with Crippen LogP contribution < -0.4 is 10.7 Å². The van der Waals surface area contributed by atoms with Crippen molar-refractivity contribution in [3.63, 3.8) is 0 Å². The van der Waals surface area contributed by atoms with Crippen LogP contribution in [0.15, 0.2) is 52.9 Å². The van der Waals surface area contributed by atoms with Crippen molar-refractivity contribution in [2.45, 2.75) is 33.6 Å². The van der Waals surface area contributed by atoms with Gasteiger partial charge in [-0.25, -0.2) is 0 Å². The number of fused-ring (bicyclic) bond motifs is 1. The quantitative estimate of drug-likeness (QED) is 0.676. The molecule has 6 nitrogen and oxygen atoms in total. The molecule has 0 unspecified atom stereocenters. The predicted molar refractivity (Wildman–Crippen MR) is 105 cm³/mol. The van der Waals surface area contributed by atoms with E-state index in [0.29, 0.717) is 0 Å². The molecule has 1 aliphatic rings. The molecule has 6 heteroatoms.